The molecule has 1 amide bonds. The van der Waals surface area contributed by atoms with Crippen LogP contribution in [0.4, 0.5) is 0 Å². The minimum atomic E-state index is -0.395. The zero-order chi connectivity index (χ0) is 14.5. The maximum absolute atomic E-state index is 12.3. The van der Waals surface area contributed by atoms with E-state index in [9.17, 15) is 4.79 Å². The van der Waals surface area contributed by atoms with E-state index >= 15 is 0 Å². The summed E-state index contributed by atoms with van der Waals surface area (Å²) in [4.78, 5) is 16.3. The highest BCUT2D eigenvalue weighted by atomic mass is 16.2. The van der Waals surface area contributed by atoms with Gasteiger partial charge in [0.1, 0.15) is 6.04 Å². The molecule has 0 spiro atoms. The van der Waals surface area contributed by atoms with Crippen LogP contribution in [0, 0.1) is 0 Å². The Bertz CT molecular complexity index is 547. The molecular formula is C13H20N6O. The van der Waals surface area contributed by atoms with Gasteiger partial charge in [-0.3, -0.25) is 9.48 Å². The molecule has 0 aliphatic rings. The van der Waals surface area contributed by atoms with Gasteiger partial charge in [0.25, 0.3) is 0 Å². The van der Waals surface area contributed by atoms with Crippen LogP contribution in [0.3, 0.4) is 0 Å². The van der Waals surface area contributed by atoms with Gasteiger partial charge in [0.2, 0.25) is 5.91 Å². The van der Waals surface area contributed by atoms with Crippen molar-refractivity contribution in [1.82, 2.24) is 30.0 Å². The van der Waals surface area contributed by atoms with E-state index in [-0.39, 0.29) is 11.9 Å². The number of aryl methyl sites for hydroxylation is 1. The lowest BCUT2D eigenvalue weighted by Crippen LogP contribution is -2.42. The number of likely N-dealkylation sites (N-methyl/N-ethyl adjacent to an activating group) is 1. The van der Waals surface area contributed by atoms with Crippen molar-refractivity contribution in [3.63, 3.8) is 0 Å². The molecule has 0 saturated carbocycles. The molecule has 0 radical (unpaired) electrons. The molecule has 2 aromatic heterocycles. The smallest absolute Gasteiger partial charge is 0.242 e. The first-order valence-electron chi connectivity index (χ1n) is 6.52. The Balaban J connectivity index is 1.95. The van der Waals surface area contributed by atoms with E-state index in [4.69, 9.17) is 0 Å². The Kier molecular flexibility index (Phi) is 4.52. The summed E-state index contributed by atoms with van der Waals surface area (Å²) in [6.45, 7) is 2.66. The van der Waals surface area contributed by atoms with Gasteiger partial charge >= 0.3 is 0 Å². The second-order valence-corrected chi connectivity index (χ2v) is 4.84. The SMILES string of the molecule is CNC(C(=O)NC(C)Cn1ccnc1)c1cnn(C)c1. The number of aromatic nitrogens is 4. The molecule has 0 bridgehead atoms. The van der Waals surface area contributed by atoms with Crippen LogP contribution in [-0.4, -0.2) is 38.3 Å². The number of rotatable bonds is 6. The highest BCUT2D eigenvalue weighted by Gasteiger charge is 2.21. The van der Waals surface area contributed by atoms with Gasteiger partial charge < -0.3 is 15.2 Å². The van der Waals surface area contributed by atoms with Crippen LogP contribution in [0.15, 0.2) is 31.1 Å². The molecule has 0 aliphatic carbocycles. The van der Waals surface area contributed by atoms with Crippen molar-refractivity contribution in [1.29, 1.82) is 0 Å². The Morgan fingerprint density at radius 2 is 2.30 bits per heavy atom. The molecule has 0 aliphatic heterocycles. The molecule has 7 heteroatoms. The van der Waals surface area contributed by atoms with E-state index in [2.05, 4.69) is 20.7 Å². The number of imidazole rings is 1. The minimum Gasteiger partial charge on any atom is -0.350 e. The Morgan fingerprint density at radius 3 is 2.85 bits per heavy atom. The largest absolute Gasteiger partial charge is 0.350 e. The molecule has 2 aromatic rings. The lowest BCUT2D eigenvalue weighted by atomic mass is 10.1. The number of carbonyl (C=O) groups excluding carboxylic acids is 1. The van der Waals surface area contributed by atoms with E-state index in [1.54, 1.807) is 30.5 Å². The molecule has 0 aromatic carbocycles. The van der Waals surface area contributed by atoms with Crippen molar-refractivity contribution in [2.75, 3.05) is 7.05 Å². The zero-order valence-electron chi connectivity index (χ0n) is 11.9. The molecular weight excluding hydrogens is 256 g/mol. The highest BCUT2D eigenvalue weighted by Crippen LogP contribution is 2.11. The van der Waals surface area contributed by atoms with Crippen molar-refractivity contribution in [2.24, 2.45) is 7.05 Å². The van der Waals surface area contributed by atoms with Crippen molar-refractivity contribution < 1.29 is 4.79 Å². The predicted molar refractivity (Wildman–Crippen MR) is 74.8 cm³/mol. The fraction of sp³-hybridized carbons (Fsp3) is 0.462. The van der Waals surface area contributed by atoms with E-state index in [0.717, 1.165) is 5.56 Å². The first-order valence-corrected chi connectivity index (χ1v) is 6.52. The van der Waals surface area contributed by atoms with E-state index in [1.165, 1.54) is 0 Å². The van der Waals surface area contributed by atoms with Crippen molar-refractivity contribution >= 4 is 5.91 Å². The van der Waals surface area contributed by atoms with Gasteiger partial charge in [-0.2, -0.15) is 5.10 Å². The Hall–Kier alpha value is -2.15. The van der Waals surface area contributed by atoms with Gasteiger partial charge in [0.15, 0.2) is 0 Å². The molecule has 7 nitrogen and oxygen atoms in total. The van der Waals surface area contributed by atoms with E-state index in [1.807, 2.05) is 30.9 Å². The van der Waals surface area contributed by atoms with Gasteiger partial charge in [0, 0.05) is 43.8 Å². The zero-order valence-corrected chi connectivity index (χ0v) is 11.9. The van der Waals surface area contributed by atoms with E-state index < -0.39 is 6.04 Å². The average molecular weight is 276 g/mol. The average Bonchev–Trinajstić information content (AvgIpc) is 3.02. The lowest BCUT2D eigenvalue weighted by Gasteiger charge is -2.19. The summed E-state index contributed by atoms with van der Waals surface area (Å²) >= 11 is 0. The minimum absolute atomic E-state index is 0.0178. The van der Waals surface area contributed by atoms with Crippen LogP contribution in [-0.2, 0) is 18.4 Å². The maximum Gasteiger partial charge on any atom is 0.242 e. The molecule has 108 valence electrons. The monoisotopic (exact) mass is 276 g/mol. The number of carbonyl (C=O) groups is 1. The fourth-order valence-electron chi connectivity index (χ4n) is 2.12. The van der Waals surface area contributed by atoms with Gasteiger partial charge in [-0.15, -0.1) is 0 Å². The van der Waals surface area contributed by atoms with Gasteiger partial charge in [-0.05, 0) is 14.0 Å². The fourth-order valence-corrected chi connectivity index (χ4v) is 2.12. The predicted octanol–water partition coefficient (Wildman–Crippen LogP) is 0.0820. The topological polar surface area (TPSA) is 76.8 Å². The third-order valence-corrected chi connectivity index (χ3v) is 3.04. The van der Waals surface area contributed by atoms with Crippen molar-refractivity contribution in [3.8, 4) is 0 Å². The quantitative estimate of drug-likeness (QED) is 0.783. The summed E-state index contributed by atoms with van der Waals surface area (Å²) in [5.74, 6) is -0.0619. The third-order valence-electron chi connectivity index (χ3n) is 3.04. The van der Waals surface area contributed by atoms with Crippen LogP contribution in [0.5, 0.6) is 0 Å². The molecule has 2 N–H and O–H groups in total. The van der Waals surface area contributed by atoms with Crippen molar-refractivity contribution in [3.05, 3.63) is 36.7 Å². The van der Waals surface area contributed by atoms with Gasteiger partial charge in [-0.1, -0.05) is 0 Å². The van der Waals surface area contributed by atoms with Crippen LogP contribution >= 0.6 is 0 Å². The van der Waals surface area contributed by atoms with Gasteiger partial charge in [-0.25, -0.2) is 4.98 Å². The van der Waals surface area contributed by atoms with Crippen LogP contribution < -0.4 is 10.6 Å². The number of nitrogens with zero attached hydrogens (tertiary/aromatic N) is 4. The summed E-state index contributed by atoms with van der Waals surface area (Å²) in [6.07, 6.45) is 8.86. The standard InChI is InChI=1S/C13H20N6O/c1-10(7-19-5-4-15-9-19)17-13(20)12(14-2)11-6-16-18(3)8-11/h4-6,8-10,12,14H,7H2,1-3H3,(H,17,20). The number of hydrogen-bond donors (Lipinski definition) is 2. The number of nitrogens with one attached hydrogen (secondary N) is 2. The third kappa shape index (κ3) is 3.45. The molecule has 2 unspecified atom stereocenters. The lowest BCUT2D eigenvalue weighted by molar-refractivity contribution is -0.123. The molecule has 2 atom stereocenters. The van der Waals surface area contributed by atoms with Crippen LogP contribution in [0.25, 0.3) is 0 Å². The number of hydrogen-bond acceptors (Lipinski definition) is 4. The summed E-state index contributed by atoms with van der Waals surface area (Å²) in [5, 5.41) is 10.1. The first-order chi connectivity index (χ1) is 9.60. The molecule has 2 rings (SSSR count). The normalized spacial score (nSPS) is 13.9. The second-order valence-electron chi connectivity index (χ2n) is 4.84. The summed E-state index contributed by atoms with van der Waals surface area (Å²) in [6, 6.07) is -0.377. The summed E-state index contributed by atoms with van der Waals surface area (Å²) in [7, 11) is 3.59. The molecule has 2 heterocycles. The summed E-state index contributed by atoms with van der Waals surface area (Å²) in [5.41, 5.74) is 0.849. The summed E-state index contributed by atoms with van der Waals surface area (Å²) < 4.78 is 3.62. The molecule has 0 saturated heterocycles. The Morgan fingerprint density at radius 1 is 1.50 bits per heavy atom. The maximum atomic E-state index is 12.3. The Labute approximate surface area is 118 Å². The first kappa shape index (κ1) is 14.3. The van der Waals surface area contributed by atoms with Crippen molar-refractivity contribution in [2.45, 2.75) is 25.6 Å². The van der Waals surface area contributed by atoms with Crippen LogP contribution in [0.1, 0.15) is 18.5 Å². The van der Waals surface area contributed by atoms with E-state index in [0.29, 0.717) is 6.54 Å². The number of amides is 1. The molecule has 0 fully saturated rings. The molecule has 20 heavy (non-hydrogen) atoms. The second kappa shape index (κ2) is 6.33. The highest BCUT2D eigenvalue weighted by molar-refractivity contribution is 5.83. The van der Waals surface area contributed by atoms with Crippen LogP contribution in [0.2, 0.25) is 0 Å². The van der Waals surface area contributed by atoms with Gasteiger partial charge in [0.05, 0.1) is 12.5 Å².